The van der Waals surface area contributed by atoms with Gasteiger partial charge in [-0.3, -0.25) is 19.4 Å². The summed E-state index contributed by atoms with van der Waals surface area (Å²) in [7, 11) is 0. The van der Waals surface area contributed by atoms with Crippen LogP contribution in [0.4, 0.5) is 5.69 Å². The molecule has 2 aliphatic heterocycles. The number of imide groups is 1. The van der Waals surface area contributed by atoms with Crippen molar-refractivity contribution in [3.63, 3.8) is 0 Å². The highest BCUT2D eigenvalue weighted by molar-refractivity contribution is 7.07. The molecule has 164 valence electrons. The van der Waals surface area contributed by atoms with Crippen molar-refractivity contribution >= 4 is 28.8 Å². The molecule has 0 saturated carbocycles. The van der Waals surface area contributed by atoms with E-state index in [9.17, 15) is 9.59 Å². The van der Waals surface area contributed by atoms with E-state index in [4.69, 9.17) is 0 Å². The first kappa shape index (κ1) is 20.9. The van der Waals surface area contributed by atoms with Gasteiger partial charge in [-0.2, -0.15) is 11.3 Å². The maximum Gasteiger partial charge on any atom is 0.263 e. The second kappa shape index (κ2) is 8.52. The highest BCUT2D eigenvalue weighted by atomic mass is 32.1. The number of hydrogen-bond donors (Lipinski definition) is 0. The summed E-state index contributed by atoms with van der Waals surface area (Å²) in [5.74, 6) is -0.365. The SMILES string of the molecule is Cc1ccc(C)c(CN2CCN(c3cccc4c3C(=O)N(Cc3ccsc3)C4=O)CC2)c1. The Morgan fingerprint density at radius 3 is 2.47 bits per heavy atom. The monoisotopic (exact) mass is 445 g/mol. The number of thiophene rings is 1. The maximum absolute atomic E-state index is 13.2. The first-order chi connectivity index (χ1) is 15.5. The fourth-order valence-corrected chi connectivity index (χ4v) is 5.31. The Balaban J connectivity index is 1.31. The highest BCUT2D eigenvalue weighted by Crippen LogP contribution is 2.33. The molecule has 1 fully saturated rings. The fraction of sp³-hybridized carbons (Fsp3) is 0.308. The molecule has 0 atom stereocenters. The van der Waals surface area contributed by atoms with Crippen molar-refractivity contribution in [1.82, 2.24) is 9.80 Å². The summed E-state index contributed by atoms with van der Waals surface area (Å²) < 4.78 is 0. The van der Waals surface area contributed by atoms with E-state index >= 15 is 0 Å². The van der Waals surface area contributed by atoms with Gasteiger partial charge in [0.1, 0.15) is 0 Å². The third kappa shape index (κ3) is 3.85. The summed E-state index contributed by atoms with van der Waals surface area (Å²) in [6.07, 6.45) is 0. The second-order valence-corrected chi connectivity index (χ2v) is 9.50. The van der Waals surface area contributed by atoms with Crippen LogP contribution >= 0.6 is 11.3 Å². The summed E-state index contributed by atoms with van der Waals surface area (Å²) in [6.45, 7) is 9.12. The number of piperazine rings is 1. The minimum absolute atomic E-state index is 0.176. The number of nitrogens with zero attached hydrogens (tertiary/aromatic N) is 3. The van der Waals surface area contributed by atoms with Crippen LogP contribution in [0.25, 0.3) is 0 Å². The molecule has 2 amide bonds. The van der Waals surface area contributed by atoms with Crippen molar-refractivity contribution in [2.45, 2.75) is 26.9 Å². The molecule has 3 aromatic rings. The zero-order valence-corrected chi connectivity index (χ0v) is 19.3. The molecule has 32 heavy (non-hydrogen) atoms. The summed E-state index contributed by atoms with van der Waals surface area (Å²) in [5, 5.41) is 3.95. The van der Waals surface area contributed by atoms with Crippen LogP contribution < -0.4 is 4.90 Å². The van der Waals surface area contributed by atoms with Gasteiger partial charge in [-0.25, -0.2) is 0 Å². The van der Waals surface area contributed by atoms with Crippen LogP contribution in [0.15, 0.2) is 53.2 Å². The molecule has 0 aliphatic carbocycles. The van der Waals surface area contributed by atoms with Crippen molar-refractivity contribution in [2.75, 3.05) is 31.1 Å². The molecule has 2 aromatic carbocycles. The van der Waals surface area contributed by atoms with E-state index in [1.807, 2.05) is 29.0 Å². The molecule has 5 rings (SSSR count). The van der Waals surface area contributed by atoms with E-state index in [-0.39, 0.29) is 11.8 Å². The Morgan fingerprint density at radius 1 is 0.906 bits per heavy atom. The molecule has 1 saturated heterocycles. The zero-order chi connectivity index (χ0) is 22.2. The topological polar surface area (TPSA) is 43.9 Å². The number of aryl methyl sites for hydroxylation is 2. The van der Waals surface area contributed by atoms with Gasteiger partial charge < -0.3 is 4.90 Å². The molecule has 1 aromatic heterocycles. The van der Waals surface area contributed by atoms with Gasteiger partial charge >= 0.3 is 0 Å². The number of amides is 2. The van der Waals surface area contributed by atoms with Gasteiger partial charge in [0.15, 0.2) is 0 Å². The lowest BCUT2D eigenvalue weighted by Gasteiger charge is -2.37. The normalized spacial score (nSPS) is 16.7. The molecule has 0 bridgehead atoms. The third-order valence-corrected chi connectivity index (χ3v) is 7.24. The van der Waals surface area contributed by atoms with Gasteiger partial charge in [-0.1, -0.05) is 29.8 Å². The third-order valence-electron chi connectivity index (χ3n) is 6.51. The van der Waals surface area contributed by atoms with E-state index in [0.717, 1.165) is 44.0 Å². The number of carbonyl (C=O) groups is 2. The Kier molecular flexibility index (Phi) is 5.57. The maximum atomic E-state index is 13.2. The van der Waals surface area contributed by atoms with Crippen molar-refractivity contribution in [3.05, 3.63) is 86.6 Å². The van der Waals surface area contributed by atoms with Gasteiger partial charge in [0.05, 0.1) is 23.4 Å². The predicted molar refractivity (Wildman–Crippen MR) is 128 cm³/mol. The van der Waals surface area contributed by atoms with Gasteiger partial charge in [0.2, 0.25) is 0 Å². The van der Waals surface area contributed by atoms with Crippen LogP contribution in [0, 0.1) is 13.8 Å². The molecular formula is C26H27N3O2S. The van der Waals surface area contributed by atoms with E-state index in [2.05, 4.69) is 41.8 Å². The van der Waals surface area contributed by atoms with E-state index in [1.165, 1.54) is 21.6 Å². The molecule has 5 nitrogen and oxygen atoms in total. The van der Waals surface area contributed by atoms with Crippen molar-refractivity contribution in [1.29, 1.82) is 0 Å². The molecule has 0 N–H and O–H groups in total. The summed E-state index contributed by atoms with van der Waals surface area (Å²) in [6, 6.07) is 14.3. The second-order valence-electron chi connectivity index (χ2n) is 8.72. The molecule has 0 radical (unpaired) electrons. The Morgan fingerprint density at radius 2 is 1.72 bits per heavy atom. The summed E-state index contributed by atoms with van der Waals surface area (Å²) >= 11 is 1.58. The van der Waals surface area contributed by atoms with Crippen LogP contribution in [0.1, 0.15) is 43.0 Å². The van der Waals surface area contributed by atoms with Crippen LogP contribution in [0.2, 0.25) is 0 Å². The number of anilines is 1. The Labute approximate surface area is 192 Å². The van der Waals surface area contributed by atoms with Gasteiger partial charge in [-0.15, -0.1) is 0 Å². The predicted octanol–water partition coefficient (Wildman–Crippen LogP) is 4.48. The first-order valence-electron chi connectivity index (χ1n) is 11.0. The minimum atomic E-state index is -0.188. The minimum Gasteiger partial charge on any atom is -0.368 e. The number of carbonyl (C=O) groups excluding carboxylic acids is 2. The summed E-state index contributed by atoms with van der Waals surface area (Å²) in [4.78, 5) is 32.3. The average Bonchev–Trinajstić information content (AvgIpc) is 3.40. The van der Waals surface area contributed by atoms with Crippen LogP contribution in [-0.4, -0.2) is 47.8 Å². The van der Waals surface area contributed by atoms with Crippen molar-refractivity contribution in [2.24, 2.45) is 0 Å². The molecule has 2 aliphatic rings. The average molecular weight is 446 g/mol. The van der Waals surface area contributed by atoms with Crippen LogP contribution in [0.5, 0.6) is 0 Å². The Hall–Kier alpha value is -2.96. The van der Waals surface area contributed by atoms with E-state index < -0.39 is 0 Å². The lowest BCUT2D eigenvalue weighted by atomic mass is 10.0. The lowest BCUT2D eigenvalue weighted by Crippen LogP contribution is -2.46. The first-order valence-corrected chi connectivity index (χ1v) is 12.0. The lowest BCUT2D eigenvalue weighted by molar-refractivity contribution is 0.0642. The van der Waals surface area contributed by atoms with Gasteiger partial charge in [0.25, 0.3) is 11.8 Å². The smallest absolute Gasteiger partial charge is 0.263 e. The Bertz CT molecular complexity index is 1160. The van der Waals surface area contributed by atoms with Gasteiger partial charge in [0, 0.05) is 32.7 Å². The largest absolute Gasteiger partial charge is 0.368 e. The van der Waals surface area contributed by atoms with E-state index in [1.54, 1.807) is 17.4 Å². The zero-order valence-electron chi connectivity index (χ0n) is 18.5. The van der Waals surface area contributed by atoms with Crippen molar-refractivity contribution < 1.29 is 9.59 Å². The van der Waals surface area contributed by atoms with Crippen LogP contribution in [0.3, 0.4) is 0 Å². The molecule has 3 heterocycles. The highest BCUT2D eigenvalue weighted by Gasteiger charge is 2.38. The molecule has 0 spiro atoms. The summed E-state index contributed by atoms with van der Waals surface area (Å²) in [5.41, 5.74) is 6.97. The molecule has 0 unspecified atom stereocenters. The molecular weight excluding hydrogens is 418 g/mol. The fourth-order valence-electron chi connectivity index (χ4n) is 4.65. The van der Waals surface area contributed by atoms with Crippen molar-refractivity contribution in [3.8, 4) is 0 Å². The number of hydrogen-bond acceptors (Lipinski definition) is 5. The quantitative estimate of drug-likeness (QED) is 0.543. The molecule has 6 heteroatoms. The number of rotatable bonds is 5. The van der Waals surface area contributed by atoms with E-state index in [0.29, 0.717) is 17.7 Å². The van der Waals surface area contributed by atoms with Crippen LogP contribution in [-0.2, 0) is 13.1 Å². The number of benzene rings is 2. The standard InChI is InChI=1S/C26H27N3O2S/c1-18-6-7-19(2)21(14-18)16-27-9-11-28(12-10-27)23-5-3-4-22-24(23)26(31)29(25(22)30)15-20-8-13-32-17-20/h3-8,13-14,17H,9-12,15-16H2,1-2H3. The number of fused-ring (bicyclic) bond motifs is 1. The van der Waals surface area contributed by atoms with Gasteiger partial charge in [-0.05, 0) is 59.5 Å².